The molecule has 0 aromatic rings. The number of esters is 3. The minimum Gasteiger partial charge on any atom is -0.479 e. The van der Waals surface area contributed by atoms with E-state index in [1.807, 2.05) is 0 Å². The molecular weight excluding hydrogens is 408 g/mol. The van der Waals surface area contributed by atoms with Crippen molar-refractivity contribution < 1.29 is 42.9 Å². The third kappa shape index (κ3) is 3.56. The van der Waals surface area contributed by atoms with E-state index in [0.29, 0.717) is 11.3 Å². The van der Waals surface area contributed by atoms with Crippen LogP contribution in [-0.2, 0) is 42.9 Å². The Balaban J connectivity index is 1.69. The summed E-state index contributed by atoms with van der Waals surface area (Å²) in [5.74, 6) is -2.28. The van der Waals surface area contributed by atoms with Gasteiger partial charge in [0.15, 0.2) is 11.2 Å². The molecule has 0 aliphatic carbocycles. The van der Waals surface area contributed by atoms with E-state index in [1.54, 1.807) is 26.8 Å². The van der Waals surface area contributed by atoms with Gasteiger partial charge in [0.2, 0.25) is 5.78 Å². The van der Waals surface area contributed by atoms with E-state index in [1.165, 1.54) is 19.1 Å². The van der Waals surface area contributed by atoms with Crippen LogP contribution in [0, 0.1) is 5.92 Å². The molecule has 5 unspecified atom stereocenters. The Kier molecular flexibility index (Phi) is 5.04. The second kappa shape index (κ2) is 7.33. The van der Waals surface area contributed by atoms with Crippen LogP contribution in [0.3, 0.4) is 0 Å². The topological polar surface area (TPSA) is 118 Å². The molecular formula is C22H24O9. The fourth-order valence-corrected chi connectivity index (χ4v) is 4.27. The SMILES string of the molecule is CC=C(COC(C)=O)C(=O)OC1CC2(C)OC(=CC2=O)C(C)=CC2OC(=O)C3(CO3)C21. The van der Waals surface area contributed by atoms with Gasteiger partial charge in [-0.05, 0) is 32.4 Å². The van der Waals surface area contributed by atoms with Gasteiger partial charge in [0.05, 0.1) is 18.1 Å². The Bertz CT molecular complexity index is 952. The zero-order valence-corrected chi connectivity index (χ0v) is 17.8. The van der Waals surface area contributed by atoms with E-state index >= 15 is 0 Å². The average molecular weight is 432 g/mol. The summed E-state index contributed by atoms with van der Waals surface area (Å²) < 4.78 is 27.7. The van der Waals surface area contributed by atoms with Gasteiger partial charge in [-0.1, -0.05) is 6.08 Å². The fraction of sp³-hybridized carbons (Fsp3) is 0.545. The lowest BCUT2D eigenvalue weighted by molar-refractivity contribution is -0.156. The van der Waals surface area contributed by atoms with Crippen LogP contribution in [0.25, 0.3) is 0 Å². The normalized spacial score (nSPS) is 36.3. The summed E-state index contributed by atoms with van der Waals surface area (Å²) in [6.45, 7) is 6.14. The van der Waals surface area contributed by atoms with Crippen molar-refractivity contribution in [3.63, 3.8) is 0 Å². The molecule has 4 aliphatic rings. The molecule has 0 saturated carbocycles. The summed E-state index contributed by atoms with van der Waals surface area (Å²) in [6.07, 6.45) is 2.96. The highest BCUT2D eigenvalue weighted by molar-refractivity contribution is 6.00. The van der Waals surface area contributed by atoms with Crippen molar-refractivity contribution >= 4 is 23.7 Å². The Labute approximate surface area is 179 Å². The summed E-state index contributed by atoms with van der Waals surface area (Å²) in [7, 11) is 0. The van der Waals surface area contributed by atoms with Crippen LogP contribution in [0.15, 0.2) is 35.1 Å². The van der Waals surface area contributed by atoms with E-state index in [-0.39, 0.29) is 31.0 Å². The molecule has 0 amide bonds. The third-order valence-electron chi connectivity index (χ3n) is 6.15. The van der Waals surface area contributed by atoms with Gasteiger partial charge in [-0.15, -0.1) is 0 Å². The van der Waals surface area contributed by atoms with Gasteiger partial charge in [0.25, 0.3) is 0 Å². The zero-order chi connectivity index (χ0) is 22.6. The van der Waals surface area contributed by atoms with Gasteiger partial charge < -0.3 is 23.7 Å². The lowest BCUT2D eigenvalue weighted by Crippen LogP contribution is -2.47. The van der Waals surface area contributed by atoms with Crippen molar-refractivity contribution in [2.24, 2.45) is 5.92 Å². The highest BCUT2D eigenvalue weighted by atomic mass is 16.7. The Morgan fingerprint density at radius 3 is 2.65 bits per heavy atom. The molecule has 2 fully saturated rings. The van der Waals surface area contributed by atoms with Crippen LogP contribution >= 0.6 is 0 Å². The van der Waals surface area contributed by atoms with Gasteiger partial charge in [-0.25, -0.2) is 9.59 Å². The molecule has 2 bridgehead atoms. The number of hydrogen-bond donors (Lipinski definition) is 0. The second-order valence-corrected chi connectivity index (χ2v) is 8.37. The molecule has 0 radical (unpaired) electrons. The molecule has 2 saturated heterocycles. The van der Waals surface area contributed by atoms with Gasteiger partial charge in [0.1, 0.15) is 24.6 Å². The minimum atomic E-state index is -1.27. The highest BCUT2D eigenvalue weighted by Crippen LogP contribution is 2.51. The smallest absolute Gasteiger partial charge is 0.342 e. The molecule has 0 N–H and O–H groups in total. The molecule has 5 atom stereocenters. The molecule has 0 aromatic carbocycles. The first kappa shape index (κ1) is 21.3. The highest BCUT2D eigenvalue weighted by Gasteiger charge is 2.70. The fourth-order valence-electron chi connectivity index (χ4n) is 4.27. The summed E-state index contributed by atoms with van der Waals surface area (Å²) in [5, 5.41) is 0. The first-order valence-corrected chi connectivity index (χ1v) is 10.1. The van der Waals surface area contributed by atoms with Crippen LogP contribution in [0.2, 0.25) is 0 Å². The first-order valence-electron chi connectivity index (χ1n) is 10.1. The maximum absolute atomic E-state index is 12.9. The van der Waals surface area contributed by atoms with Crippen molar-refractivity contribution in [3.8, 4) is 0 Å². The number of hydrogen-bond acceptors (Lipinski definition) is 9. The molecule has 9 nitrogen and oxygen atoms in total. The molecule has 0 aromatic heterocycles. The number of carbonyl (C=O) groups excluding carboxylic acids is 4. The molecule has 31 heavy (non-hydrogen) atoms. The number of ketones is 1. The zero-order valence-electron chi connectivity index (χ0n) is 17.8. The van der Waals surface area contributed by atoms with Crippen LogP contribution in [0.5, 0.6) is 0 Å². The number of ether oxygens (including phenoxy) is 5. The number of fused-ring (bicyclic) bond motifs is 4. The Morgan fingerprint density at radius 2 is 2.03 bits per heavy atom. The molecule has 4 heterocycles. The van der Waals surface area contributed by atoms with Crippen LogP contribution in [0.4, 0.5) is 0 Å². The van der Waals surface area contributed by atoms with E-state index in [0.717, 1.165) is 0 Å². The van der Waals surface area contributed by atoms with Gasteiger partial charge in [-0.2, -0.15) is 0 Å². The van der Waals surface area contributed by atoms with E-state index in [2.05, 4.69) is 0 Å². The number of carbonyl (C=O) groups is 4. The molecule has 1 spiro atoms. The summed E-state index contributed by atoms with van der Waals surface area (Å²) in [6, 6.07) is 0. The van der Waals surface area contributed by atoms with Crippen molar-refractivity contribution in [3.05, 3.63) is 35.1 Å². The van der Waals surface area contributed by atoms with Crippen molar-refractivity contribution in [1.29, 1.82) is 0 Å². The molecule has 4 aliphatic heterocycles. The van der Waals surface area contributed by atoms with E-state index in [4.69, 9.17) is 23.7 Å². The van der Waals surface area contributed by atoms with Crippen LogP contribution in [-0.4, -0.2) is 60.3 Å². The molecule has 9 heteroatoms. The predicted octanol–water partition coefficient (Wildman–Crippen LogP) is 1.31. The summed E-state index contributed by atoms with van der Waals surface area (Å²) in [4.78, 5) is 49.3. The largest absolute Gasteiger partial charge is 0.479 e. The van der Waals surface area contributed by atoms with Gasteiger partial charge in [-0.3, -0.25) is 9.59 Å². The number of allylic oxidation sites excluding steroid dienone is 2. The molecule has 4 rings (SSSR count). The summed E-state index contributed by atoms with van der Waals surface area (Å²) >= 11 is 0. The maximum Gasteiger partial charge on any atom is 0.342 e. The van der Waals surface area contributed by atoms with Crippen LogP contribution in [0.1, 0.15) is 34.1 Å². The maximum atomic E-state index is 12.9. The number of epoxide rings is 1. The first-order chi connectivity index (χ1) is 14.6. The summed E-state index contributed by atoms with van der Waals surface area (Å²) in [5.41, 5.74) is -1.70. The standard InChI is InChI=1S/C22H24O9/c1-5-13(9-27-12(3)23)19(25)29-16-8-21(4)17(24)7-14(31-21)11(2)6-15-18(16)22(10-28-22)20(26)30-15/h5-7,15-16,18H,8-10H2,1-4H3. The minimum absolute atomic E-state index is 0.00612. The van der Waals surface area contributed by atoms with Gasteiger partial charge >= 0.3 is 17.9 Å². The molecule has 166 valence electrons. The van der Waals surface area contributed by atoms with E-state index in [9.17, 15) is 19.2 Å². The Morgan fingerprint density at radius 1 is 1.32 bits per heavy atom. The van der Waals surface area contributed by atoms with Crippen molar-refractivity contribution in [2.75, 3.05) is 13.2 Å². The third-order valence-corrected chi connectivity index (χ3v) is 6.15. The lowest BCUT2D eigenvalue weighted by atomic mass is 9.79. The van der Waals surface area contributed by atoms with Crippen molar-refractivity contribution in [1.82, 2.24) is 0 Å². The lowest BCUT2D eigenvalue weighted by Gasteiger charge is -2.32. The van der Waals surface area contributed by atoms with E-state index < -0.39 is 47.2 Å². The predicted molar refractivity (Wildman–Crippen MR) is 103 cm³/mol. The average Bonchev–Trinajstić information content (AvgIpc) is 3.35. The quantitative estimate of drug-likeness (QED) is 0.280. The second-order valence-electron chi connectivity index (χ2n) is 8.37. The monoisotopic (exact) mass is 432 g/mol. The van der Waals surface area contributed by atoms with Crippen LogP contribution < -0.4 is 0 Å². The van der Waals surface area contributed by atoms with Crippen molar-refractivity contribution in [2.45, 2.75) is 57.5 Å². The van der Waals surface area contributed by atoms with Gasteiger partial charge in [0, 0.05) is 19.4 Å². The number of rotatable bonds is 4. The Hall–Kier alpha value is -2.94.